The molecule has 0 spiro atoms. The maximum Gasteiger partial charge on any atom is 0.362 e. The largest absolute Gasteiger partial charge is 0.362 e. The van der Waals surface area contributed by atoms with E-state index in [2.05, 4.69) is 8.80 Å². The zero-order valence-corrected chi connectivity index (χ0v) is 6.64. The Morgan fingerprint density at radius 2 is 1.60 bits per heavy atom. The first kappa shape index (κ1) is 7.40. The second kappa shape index (κ2) is 2.16. The second-order valence-corrected chi connectivity index (χ2v) is 3.54. The summed E-state index contributed by atoms with van der Waals surface area (Å²) < 4.78 is 28.1. The summed E-state index contributed by atoms with van der Waals surface area (Å²) in [5.74, 6) is 0. The molecule has 0 unspecified atom stereocenters. The normalized spacial score (nSPS) is 23.4. The molecule has 4 nitrogen and oxygen atoms in total. The van der Waals surface area contributed by atoms with Gasteiger partial charge in [0.05, 0.1) is 0 Å². The molecular formula is C5H8N2O2S. The first-order valence-electron chi connectivity index (χ1n) is 2.85. The lowest BCUT2D eigenvalue weighted by atomic mass is 10.2. The Bertz CT molecular complexity index is 276. The van der Waals surface area contributed by atoms with Gasteiger partial charge in [-0.15, -0.1) is 0 Å². The summed E-state index contributed by atoms with van der Waals surface area (Å²) in [4.78, 5) is 0. The van der Waals surface area contributed by atoms with Gasteiger partial charge in [0.25, 0.3) is 0 Å². The maximum absolute atomic E-state index is 10.7. The van der Waals surface area contributed by atoms with Gasteiger partial charge in [-0.3, -0.25) is 0 Å². The molecule has 1 heterocycles. The fraction of sp³-hybridized carbons (Fsp3) is 0.600. The Morgan fingerprint density at radius 3 is 1.90 bits per heavy atom. The van der Waals surface area contributed by atoms with E-state index < -0.39 is 10.2 Å². The van der Waals surface area contributed by atoms with Crippen LogP contribution in [0.1, 0.15) is 20.3 Å². The molecule has 0 aromatic rings. The van der Waals surface area contributed by atoms with Gasteiger partial charge in [-0.2, -0.15) is 17.2 Å². The van der Waals surface area contributed by atoms with Gasteiger partial charge >= 0.3 is 10.2 Å². The number of hydrogen-bond donors (Lipinski definition) is 0. The molecule has 0 saturated heterocycles. The molecule has 0 aromatic heterocycles. The van der Waals surface area contributed by atoms with Crippen LogP contribution in [0.15, 0.2) is 8.80 Å². The highest BCUT2D eigenvalue weighted by molar-refractivity contribution is 7.89. The predicted octanol–water partition coefficient (Wildman–Crippen LogP) is 0.557. The van der Waals surface area contributed by atoms with Gasteiger partial charge in [0, 0.05) is 17.8 Å². The Kier molecular flexibility index (Phi) is 1.60. The third kappa shape index (κ3) is 1.63. The van der Waals surface area contributed by atoms with Crippen LogP contribution < -0.4 is 0 Å². The summed E-state index contributed by atoms with van der Waals surface area (Å²) in [7, 11) is -3.51. The molecular weight excluding hydrogens is 152 g/mol. The van der Waals surface area contributed by atoms with Crippen LogP contribution in [0, 0.1) is 0 Å². The zero-order valence-electron chi connectivity index (χ0n) is 5.83. The van der Waals surface area contributed by atoms with Crippen LogP contribution in [0.25, 0.3) is 0 Å². The number of rotatable bonds is 0. The molecule has 1 aliphatic rings. The van der Waals surface area contributed by atoms with Gasteiger partial charge in [-0.05, 0) is 13.8 Å². The van der Waals surface area contributed by atoms with Crippen LogP contribution >= 0.6 is 0 Å². The Morgan fingerprint density at radius 1 is 1.20 bits per heavy atom. The van der Waals surface area contributed by atoms with Gasteiger partial charge in [0.15, 0.2) is 0 Å². The highest BCUT2D eigenvalue weighted by Crippen LogP contribution is 2.06. The Hall–Kier alpha value is -0.710. The number of nitrogens with zero attached hydrogens (tertiary/aromatic N) is 2. The van der Waals surface area contributed by atoms with E-state index in [-0.39, 0.29) is 0 Å². The van der Waals surface area contributed by atoms with Crippen LogP contribution in [-0.4, -0.2) is 19.8 Å². The molecule has 0 atom stereocenters. The Labute approximate surface area is 59.9 Å². The van der Waals surface area contributed by atoms with Gasteiger partial charge in [-0.25, -0.2) is 0 Å². The molecule has 5 heteroatoms. The smallest absolute Gasteiger partial charge is 0.179 e. The molecule has 0 aliphatic carbocycles. The monoisotopic (exact) mass is 160 g/mol. The van der Waals surface area contributed by atoms with Gasteiger partial charge < -0.3 is 0 Å². The van der Waals surface area contributed by atoms with Crippen molar-refractivity contribution in [3.63, 3.8) is 0 Å². The SMILES string of the molecule is CC1=NS(=O)(=O)N=C(C)C1. The highest BCUT2D eigenvalue weighted by Gasteiger charge is 2.12. The van der Waals surface area contributed by atoms with E-state index in [1.807, 2.05) is 0 Å². The second-order valence-electron chi connectivity index (χ2n) is 2.28. The van der Waals surface area contributed by atoms with Crippen molar-refractivity contribution in [1.82, 2.24) is 0 Å². The summed E-state index contributed by atoms with van der Waals surface area (Å²) >= 11 is 0. The fourth-order valence-corrected chi connectivity index (χ4v) is 1.81. The summed E-state index contributed by atoms with van der Waals surface area (Å²) in [5, 5.41) is 0. The Balaban J connectivity index is 3.12. The van der Waals surface area contributed by atoms with Crippen molar-refractivity contribution in [3.8, 4) is 0 Å². The molecule has 0 aromatic carbocycles. The first-order valence-corrected chi connectivity index (χ1v) is 4.25. The summed E-state index contributed by atoms with van der Waals surface area (Å²) in [6.07, 6.45) is 0.569. The average Bonchev–Trinajstić information content (AvgIpc) is 1.54. The summed E-state index contributed by atoms with van der Waals surface area (Å²) in [6.45, 7) is 3.35. The third-order valence-electron chi connectivity index (χ3n) is 1.05. The molecule has 1 rings (SSSR count). The lowest BCUT2D eigenvalue weighted by Crippen LogP contribution is -2.11. The molecule has 0 bridgehead atoms. The van der Waals surface area contributed by atoms with Crippen LogP contribution in [0.5, 0.6) is 0 Å². The van der Waals surface area contributed by atoms with Gasteiger partial charge in [0.1, 0.15) is 0 Å². The van der Waals surface area contributed by atoms with Gasteiger partial charge in [0.2, 0.25) is 0 Å². The predicted molar refractivity (Wildman–Crippen MR) is 39.8 cm³/mol. The molecule has 0 N–H and O–H groups in total. The molecule has 0 amide bonds. The summed E-state index contributed by atoms with van der Waals surface area (Å²) in [6, 6.07) is 0. The van der Waals surface area contributed by atoms with E-state index in [9.17, 15) is 8.42 Å². The van der Waals surface area contributed by atoms with Crippen molar-refractivity contribution in [2.45, 2.75) is 20.3 Å². The van der Waals surface area contributed by atoms with Crippen LogP contribution in [0.3, 0.4) is 0 Å². The van der Waals surface area contributed by atoms with E-state index in [0.29, 0.717) is 17.8 Å². The minimum atomic E-state index is -3.51. The molecule has 0 saturated carbocycles. The average molecular weight is 160 g/mol. The minimum Gasteiger partial charge on any atom is -0.179 e. The van der Waals surface area contributed by atoms with Crippen molar-refractivity contribution in [2.24, 2.45) is 8.80 Å². The van der Waals surface area contributed by atoms with Gasteiger partial charge in [-0.1, -0.05) is 0 Å². The zero-order chi connectivity index (χ0) is 7.78. The number of hydrogen-bond acceptors (Lipinski definition) is 2. The van der Waals surface area contributed by atoms with E-state index in [1.54, 1.807) is 13.8 Å². The van der Waals surface area contributed by atoms with Crippen molar-refractivity contribution >= 4 is 21.6 Å². The van der Waals surface area contributed by atoms with Crippen molar-refractivity contribution in [1.29, 1.82) is 0 Å². The standard InChI is InChI=1S/C5H8N2O2S/c1-4-3-5(2)7-10(8,9)6-4/h3H2,1-2H3. The molecule has 10 heavy (non-hydrogen) atoms. The quantitative estimate of drug-likeness (QED) is 0.519. The first-order chi connectivity index (χ1) is 4.49. The van der Waals surface area contributed by atoms with E-state index in [1.165, 1.54) is 0 Å². The van der Waals surface area contributed by atoms with E-state index in [0.717, 1.165) is 0 Å². The molecule has 0 fully saturated rings. The minimum absolute atomic E-state index is 0.569. The summed E-state index contributed by atoms with van der Waals surface area (Å²) in [5.41, 5.74) is 1.21. The highest BCUT2D eigenvalue weighted by atomic mass is 32.2. The van der Waals surface area contributed by atoms with Crippen molar-refractivity contribution < 1.29 is 8.42 Å². The molecule has 56 valence electrons. The van der Waals surface area contributed by atoms with Crippen LogP contribution in [-0.2, 0) is 10.2 Å². The third-order valence-corrected chi connectivity index (χ3v) is 2.14. The lowest BCUT2D eigenvalue weighted by Gasteiger charge is -2.04. The lowest BCUT2D eigenvalue weighted by molar-refractivity contribution is 0.599. The van der Waals surface area contributed by atoms with Crippen LogP contribution in [0.4, 0.5) is 0 Å². The van der Waals surface area contributed by atoms with Crippen LogP contribution in [0.2, 0.25) is 0 Å². The van der Waals surface area contributed by atoms with E-state index in [4.69, 9.17) is 0 Å². The maximum atomic E-state index is 10.7. The molecule has 1 aliphatic heterocycles. The van der Waals surface area contributed by atoms with E-state index >= 15 is 0 Å². The topological polar surface area (TPSA) is 58.9 Å². The fourth-order valence-electron chi connectivity index (χ4n) is 0.849. The molecule has 0 radical (unpaired) electrons. The van der Waals surface area contributed by atoms with Crippen molar-refractivity contribution in [2.75, 3.05) is 0 Å². The van der Waals surface area contributed by atoms with Crippen molar-refractivity contribution in [3.05, 3.63) is 0 Å².